The van der Waals surface area contributed by atoms with Crippen molar-refractivity contribution in [1.82, 2.24) is 4.90 Å². The van der Waals surface area contributed by atoms with Crippen LogP contribution in [0.15, 0.2) is 36.1 Å². The zero-order valence-electron chi connectivity index (χ0n) is 9.68. The highest BCUT2D eigenvalue weighted by Gasteiger charge is 2.40. The first-order valence-corrected chi connectivity index (χ1v) is 5.40. The van der Waals surface area contributed by atoms with E-state index in [0.29, 0.717) is 5.56 Å². The van der Waals surface area contributed by atoms with Crippen molar-refractivity contribution in [3.63, 3.8) is 0 Å². The van der Waals surface area contributed by atoms with Crippen LogP contribution >= 0.6 is 0 Å². The predicted molar refractivity (Wildman–Crippen MR) is 63.0 cm³/mol. The third kappa shape index (κ3) is 1.71. The van der Waals surface area contributed by atoms with E-state index in [-0.39, 0.29) is 11.6 Å². The van der Waals surface area contributed by atoms with Crippen LogP contribution in [0.2, 0.25) is 0 Å². The largest absolute Gasteiger partial charge is 0.502 e. The molecule has 4 nitrogen and oxygen atoms in total. The van der Waals surface area contributed by atoms with E-state index in [1.54, 1.807) is 38.1 Å². The number of amides is 2. The van der Waals surface area contributed by atoms with Gasteiger partial charge in [-0.2, -0.15) is 0 Å². The Kier molecular flexibility index (Phi) is 2.71. The average molecular weight is 231 g/mol. The van der Waals surface area contributed by atoms with Crippen molar-refractivity contribution < 1.29 is 14.7 Å². The van der Waals surface area contributed by atoms with E-state index < -0.39 is 17.6 Å². The van der Waals surface area contributed by atoms with Crippen LogP contribution in [-0.2, 0) is 9.59 Å². The number of carbonyl (C=O) groups is 2. The number of hydrogen-bond donors (Lipinski definition) is 1. The van der Waals surface area contributed by atoms with Crippen molar-refractivity contribution >= 4 is 17.4 Å². The Hall–Kier alpha value is -2.10. The van der Waals surface area contributed by atoms with E-state index in [1.807, 2.05) is 6.07 Å². The lowest BCUT2D eigenvalue weighted by Gasteiger charge is -2.18. The molecule has 0 atom stereocenters. The molecular formula is C13H13NO3. The van der Waals surface area contributed by atoms with Crippen LogP contribution < -0.4 is 0 Å². The lowest BCUT2D eigenvalue weighted by molar-refractivity contribution is -0.139. The highest BCUT2D eigenvalue weighted by atomic mass is 16.3. The van der Waals surface area contributed by atoms with Gasteiger partial charge in [0.2, 0.25) is 0 Å². The van der Waals surface area contributed by atoms with Gasteiger partial charge in [0.05, 0.1) is 5.57 Å². The molecule has 0 spiro atoms. The summed E-state index contributed by atoms with van der Waals surface area (Å²) in [6.45, 7) is 3.47. The minimum absolute atomic E-state index is 0.0873. The summed E-state index contributed by atoms with van der Waals surface area (Å²) in [6.07, 6.45) is 0. The lowest BCUT2D eigenvalue weighted by atomic mass is 10.1. The maximum Gasteiger partial charge on any atom is 0.296 e. The van der Waals surface area contributed by atoms with Gasteiger partial charge in [-0.15, -0.1) is 0 Å². The van der Waals surface area contributed by atoms with Gasteiger partial charge < -0.3 is 5.11 Å². The minimum atomic E-state index is -0.621. The maximum absolute atomic E-state index is 12.1. The first-order valence-electron chi connectivity index (χ1n) is 5.40. The minimum Gasteiger partial charge on any atom is -0.502 e. The van der Waals surface area contributed by atoms with Gasteiger partial charge in [-0.25, -0.2) is 0 Å². The molecule has 0 radical (unpaired) electrons. The van der Waals surface area contributed by atoms with Crippen LogP contribution in [0.3, 0.4) is 0 Å². The third-order valence-corrected chi connectivity index (χ3v) is 2.67. The molecule has 0 fully saturated rings. The second kappa shape index (κ2) is 4.05. The number of rotatable bonds is 2. The van der Waals surface area contributed by atoms with Crippen molar-refractivity contribution in [2.75, 3.05) is 0 Å². The summed E-state index contributed by atoms with van der Waals surface area (Å²) >= 11 is 0. The van der Waals surface area contributed by atoms with E-state index >= 15 is 0 Å². The van der Waals surface area contributed by atoms with Crippen LogP contribution in [0.4, 0.5) is 0 Å². The molecule has 0 saturated heterocycles. The molecule has 88 valence electrons. The summed E-state index contributed by atoms with van der Waals surface area (Å²) < 4.78 is 0. The monoisotopic (exact) mass is 231 g/mol. The van der Waals surface area contributed by atoms with Crippen molar-refractivity contribution in [3.8, 4) is 0 Å². The number of imide groups is 1. The quantitative estimate of drug-likeness (QED) is 0.788. The molecule has 17 heavy (non-hydrogen) atoms. The second-order valence-corrected chi connectivity index (χ2v) is 4.16. The Morgan fingerprint density at radius 2 is 1.65 bits per heavy atom. The highest BCUT2D eigenvalue weighted by molar-refractivity contribution is 6.35. The van der Waals surface area contributed by atoms with Crippen LogP contribution in [0.1, 0.15) is 19.4 Å². The molecule has 1 aromatic carbocycles. The van der Waals surface area contributed by atoms with E-state index in [9.17, 15) is 14.7 Å². The molecule has 0 unspecified atom stereocenters. The molecule has 0 aliphatic carbocycles. The van der Waals surface area contributed by atoms with Gasteiger partial charge in [-0.1, -0.05) is 30.3 Å². The summed E-state index contributed by atoms with van der Waals surface area (Å²) in [5.74, 6) is -1.52. The molecular weight excluding hydrogens is 218 g/mol. The van der Waals surface area contributed by atoms with E-state index in [1.165, 1.54) is 0 Å². The molecule has 1 aliphatic rings. The summed E-state index contributed by atoms with van der Waals surface area (Å²) in [7, 11) is 0. The SMILES string of the molecule is CC(C)N1C(=O)C(O)=C(c2ccccc2)C1=O. The van der Waals surface area contributed by atoms with Crippen LogP contribution in [0.5, 0.6) is 0 Å². The maximum atomic E-state index is 12.1. The highest BCUT2D eigenvalue weighted by Crippen LogP contribution is 2.28. The molecule has 0 aromatic heterocycles. The van der Waals surface area contributed by atoms with E-state index in [0.717, 1.165) is 4.90 Å². The van der Waals surface area contributed by atoms with Gasteiger partial charge in [0.1, 0.15) is 0 Å². The number of hydrogen-bond acceptors (Lipinski definition) is 3. The van der Waals surface area contributed by atoms with Crippen molar-refractivity contribution in [1.29, 1.82) is 0 Å². The fourth-order valence-corrected chi connectivity index (χ4v) is 1.87. The molecule has 1 heterocycles. The number of benzene rings is 1. The van der Waals surface area contributed by atoms with Gasteiger partial charge in [-0.05, 0) is 19.4 Å². The standard InChI is InChI=1S/C13H13NO3/c1-8(2)14-12(16)10(11(15)13(14)17)9-6-4-3-5-7-9/h3-8,15H,1-2H3. The van der Waals surface area contributed by atoms with Gasteiger partial charge in [0.25, 0.3) is 11.8 Å². The fraction of sp³-hybridized carbons (Fsp3) is 0.231. The summed E-state index contributed by atoms with van der Waals surface area (Å²) in [6, 6.07) is 8.44. The number of nitrogens with zero attached hydrogens (tertiary/aromatic N) is 1. The van der Waals surface area contributed by atoms with Gasteiger partial charge in [-0.3, -0.25) is 14.5 Å². The lowest BCUT2D eigenvalue weighted by Crippen LogP contribution is -2.37. The van der Waals surface area contributed by atoms with E-state index in [2.05, 4.69) is 0 Å². The molecule has 4 heteroatoms. The Bertz CT molecular complexity index is 503. The molecule has 0 bridgehead atoms. The van der Waals surface area contributed by atoms with Crippen LogP contribution in [0.25, 0.3) is 5.57 Å². The van der Waals surface area contributed by atoms with Crippen molar-refractivity contribution in [2.24, 2.45) is 0 Å². The first-order chi connectivity index (χ1) is 8.04. The normalized spacial score (nSPS) is 16.3. The van der Waals surface area contributed by atoms with Gasteiger partial charge in [0, 0.05) is 6.04 Å². The number of carbonyl (C=O) groups excluding carboxylic acids is 2. The Morgan fingerprint density at radius 3 is 2.12 bits per heavy atom. The Balaban J connectivity index is 2.49. The molecule has 1 aliphatic heterocycles. The van der Waals surface area contributed by atoms with Crippen molar-refractivity contribution in [2.45, 2.75) is 19.9 Å². The van der Waals surface area contributed by atoms with E-state index in [4.69, 9.17) is 0 Å². The zero-order chi connectivity index (χ0) is 12.6. The van der Waals surface area contributed by atoms with Crippen LogP contribution in [-0.4, -0.2) is 27.9 Å². The average Bonchev–Trinajstić information content (AvgIpc) is 2.51. The smallest absolute Gasteiger partial charge is 0.296 e. The molecule has 0 saturated carbocycles. The first kappa shape index (κ1) is 11.4. The summed E-state index contributed by atoms with van der Waals surface area (Å²) in [5, 5.41) is 9.77. The Morgan fingerprint density at radius 1 is 1.06 bits per heavy atom. The van der Waals surface area contributed by atoms with Crippen molar-refractivity contribution in [3.05, 3.63) is 41.7 Å². The zero-order valence-corrected chi connectivity index (χ0v) is 9.68. The summed E-state index contributed by atoms with van der Waals surface area (Å²) in [4.78, 5) is 24.9. The molecule has 1 aromatic rings. The van der Waals surface area contributed by atoms with Gasteiger partial charge >= 0.3 is 0 Å². The van der Waals surface area contributed by atoms with Crippen LogP contribution in [0, 0.1) is 0 Å². The number of aliphatic hydroxyl groups is 1. The topological polar surface area (TPSA) is 57.6 Å². The molecule has 2 rings (SSSR count). The second-order valence-electron chi connectivity index (χ2n) is 4.16. The van der Waals surface area contributed by atoms with Gasteiger partial charge in [0.15, 0.2) is 5.76 Å². The molecule has 2 amide bonds. The number of aliphatic hydroxyl groups excluding tert-OH is 1. The third-order valence-electron chi connectivity index (χ3n) is 2.67. The Labute approximate surface area is 99.2 Å². The molecule has 1 N–H and O–H groups in total. The predicted octanol–water partition coefficient (Wildman–Crippen LogP) is 1.73. The summed E-state index contributed by atoms with van der Waals surface area (Å²) in [5.41, 5.74) is 0.649. The fourth-order valence-electron chi connectivity index (χ4n) is 1.87.